The standard InChI is InChI=1S/C16H16N2OS/c1-20-15-5-3-2-4-13(15)16(19)18-9-8-11-6-7-12(17)10-14(11)18/h2-7,10H,8-9,17H2,1H3. The number of anilines is 2. The van der Waals surface area contributed by atoms with Gasteiger partial charge in [-0.25, -0.2) is 0 Å². The molecule has 3 rings (SSSR count). The van der Waals surface area contributed by atoms with Gasteiger partial charge in [-0.2, -0.15) is 0 Å². The van der Waals surface area contributed by atoms with Crippen LogP contribution in [0.4, 0.5) is 11.4 Å². The monoisotopic (exact) mass is 284 g/mol. The van der Waals surface area contributed by atoms with E-state index in [0.29, 0.717) is 5.69 Å². The number of nitrogen functional groups attached to an aromatic ring is 1. The molecule has 0 aromatic heterocycles. The lowest BCUT2D eigenvalue weighted by Gasteiger charge is -2.19. The normalized spacial score (nSPS) is 13.3. The molecule has 2 N–H and O–H groups in total. The van der Waals surface area contributed by atoms with Crippen molar-refractivity contribution in [3.05, 3.63) is 53.6 Å². The van der Waals surface area contributed by atoms with Crippen LogP contribution < -0.4 is 10.6 Å². The first-order chi connectivity index (χ1) is 9.70. The molecule has 1 amide bonds. The van der Waals surface area contributed by atoms with Crippen LogP contribution >= 0.6 is 11.8 Å². The highest BCUT2D eigenvalue weighted by Gasteiger charge is 2.26. The molecule has 0 aliphatic carbocycles. The molecule has 2 aromatic rings. The van der Waals surface area contributed by atoms with Crippen molar-refractivity contribution in [1.82, 2.24) is 0 Å². The zero-order valence-electron chi connectivity index (χ0n) is 11.3. The Labute approximate surface area is 122 Å². The van der Waals surface area contributed by atoms with Crippen LogP contribution in [0.5, 0.6) is 0 Å². The second-order valence-electron chi connectivity index (χ2n) is 4.80. The van der Waals surface area contributed by atoms with Crippen LogP contribution in [-0.2, 0) is 6.42 Å². The Kier molecular flexibility index (Phi) is 3.40. The second-order valence-corrected chi connectivity index (χ2v) is 5.64. The van der Waals surface area contributed by atoms with Gasteiger partial charge >= 0.3 is 0 Å². The van der Waals surface area contributed by atoms with Gasteiger partial charge in [0.2, 0.25) is 0 Å². The zero-order chi connectivity index (χ0) is 14.1. The predicted octanol–water partition coefficient (Wildman–Crippen LogP) is 3.19. The Morgan fingerprint density at radius 1 is 1.25 bits per heavy atom. The van der Waals surface area contributed by atoms with Crippen LogP contribution in [0.15, 0.2) is 47.4 Å². The van der Waals surface area contributed by atoms with Crippen molar-refractivity contribution in [1.29, 1.82) is 0 Å². The molecule has 0 fully saturated rings. The minimum absolute atomic E-state index is 0.0549. The van der Waals surface area contributed by atoms with E-state index in [1.807, 2.05) is 53.6 Å². The van der Waals surface area contributed by atoms with E-state index >= 15 is 0 Å². The highest BCUT2D eigenvalue weighted by molar-refractivity contribution is 7.98. The number of carbonyl (C=O) groups is 1. The SMILES string of the molecule is CSc1ccccc1C(=O)N1CCc2ccc(N)cc21. The summed E-state index contributed by atoms with van der Waals surface area (Å²) >= 11 is 1.59. The number of benzene rings is 2. The summed E-state index contributed by atoms with van der Waals surface area (Å²) < 4.78 is 0. The first-order valence-corrected chi connectivity index (χ1v) is 7.76. The number of hydrogen-bond acceptors (Lipinski definition) is 3. The Bertz CT molecular complexity index is 669. The maximum Gasteiger partial charge on any atom is 0.259 e. The summed E-state index contributed by atoms with van der Waals surface area (Å²) in [4.78, 5) is 15.6. The molecular formula is C16H16N2OS. The van der Waals surface area contributed by atoms with Gasteiger partial charge in [0, 0.05) is 22.8 Å². The first kappa shape index (κ1) is 13.1. The van der Waals surface area contributed by atoms with E-state index in [1.54, 1.807) is 11.8 Å². The largest absolute Gasteiger partial charge is 0.399 e. The lowest BCUT2D eigenvalue weighted by molar-refractivity contribution is 0.0986. The molecule has 1 aliphatic rings. The van der Waals surface area contributed by atoms with Gasteiger partial charge in [-0.3, -0.25) is 4.79 Å². The smallest absolute Gasteiger partial charge is 0.259 e. The number of carbonyl (C=O) groups excluding carboxylic acids is 1. The summed E-state index contributed by atoms with van der Waals surface area (Å²) in [5.41, 5.74) is 9.44. The van der Waals surface area contributed by atoms with Crippen molar-refractivity contribution >= 4 is 29.0 Å². The van der Waals surface area contributed by atoms with Gasteiger partial charge in [0.25, 0.3) is 5.91 Å². The number of hydrogen-bond donors (Lipinski definition) is 1. The number of rotatable bonds is 2. The van der Waals surface area contributed by atoms with Crippen LogP contribution in [0.1, 0.15) is 15.9 Å². The molecule has 0 radical (unpaired) electrons. The minimum Gasteiger partial charge on any atom is -0.399 e. The van der Waals surface area contributed by atoms with Crippen molar-refractivity contribution in [2.24, 2.45) is 0 Å². The molecule has 0 atom stereocenters. The Hall–Kier alpha value is -1.94. The van der Waals surface area contributed by atoms with Crippen molar-refractivity contribution in [3.63, 3.8) is 0 Å². The molecule has 1 heterocycles. The molecule has 2 aromatic carbocycles. The average Bonchev–Trinajstić information content (AvgIpc) is 2.89. The van der Waals surface area contributed by atoms with Crippen LogP contribution in [-0.4, -0.2) is 18.7 Å². The Morgan fingerprint density at radius 3 is 2.85 bits per heavy atom. The highest BCUT2D eigenvalue weighted by Crippen LogP contribution is 2.32. The third-order valence-electron chi connectivity index (χ3n) is 3.59. The van der Waals surface area contributed by atoms with Gasteiger partial charge in [-0.05, 0) is 42.5 Å². The third-order valence-corrected chi connectivity index (χ3v) is 4.38. The summed E-state index contributed by atoms with van der Waals surface area (Å²) in [6.07, 6.45) is 2.88. The van der Waals surface area contributed by atoms with Gasteiger partial charge in [0.05, 0.1) is 5.56 Å². The Balaban J connectivity index is 2.00. The molecule has 0 spiro atoms. The summed E-state index contributed by atoms with van der Waals surface area (Å²) in [5.74, 6) is 0.0549. The van der Waals surface area contributed by atoms with E-state index in [4.69, 9.17) is 5.73 Å². The molecule has 0 bridgehead atoms. The minimum atomic E-state index is 0.0549. The van der Waals surface area contributed by atoms with Gasteiger partial charge in [-0.1, -0.05) is 18.2 Å². The van der Waals surface area contributed by atoms with Gasteiger partial charge in [-0.15, -0.1) is 11.8 Å². The summed E-state index contributed by atoms with van der Waals surface area (Å²) in [7, 11) is 0. The highest BCUT2D eigenvalue weighted by atomic mass is 32.2. The van der Waals surface area contributed by atoms with E-state index in [9.17, 15) is 4.79 Å². The van der Waals surface area contributed by atoms with E-state index in [0.717, 1.165) is 29.1 Å². The van der Waals surface area contributed by atoms with Gasteiger partial charge in [0.15, 0.2) is 0 Å². The number of thioether (sulfide) groups is 1. The van der Waals surface area contributed by atoms with E-state index in [-0.39, 0.29) is 5.91 Å². The molecule has 4 heteroatoms. The fourth-order valence-electron chi connectivity index (χ4n) is 2.57. The van der Waals surface area contributed by atoms with Gasteiger partial charge < -0.3 is 10.6 Å². The summed E-state index contributed by atoms with van der Waals surface area (Å²) in [6, 6.07) is 13.5. The fraction of sp³-hybridized carbons (Fsp3) is 0.188. The molecule has 102 valence electrons. The average molecular weight is 284 g/mol. The van der Waals surface area contributed by atoms with Crippen LogP contribution in [0.25, 0.3) is 0 Å². The van der Waals surface area contributed by atoms with Crippen LogP contribution in [0, 0.1) is 0 Å². The van der Waals surface area contributed by atoms with Crippen molar-refractivity contribution in [2.75, 3.05) is 23.4 Å². The number of fused-ring (bicyclic) bond motifs is 1. The molecule has 3 nitrogen and oxygen atoms in total. The number of amides is 1. The molecule has 0 unspecified atom stereocenters. The lowest BCUT2D eigenvalue weighted by atomic mass is 10.1. The number of nitrogens with two attached hydrogens (primary N) is 1. The summed E-state index contributed by atoms with van der Waals surface area (Å²) in [5, 5.41) is 0. The molecule has 20 heavy (non-hydrogen) atoms. The Morgan fingerprint density at radius 2 is 2.05 bits per heavy atom. The third kappa shape index (κ3) is 2.16. The molecule has 1 aliphatic heterocycles. The number of nitrogens with zero attached hydrogens (tertiary/aromatic N) is 1. The van der Waals surface area contributed by atoms with E-state index in [1.165, 1.54) is 5.56 Å². The lowest BCUT2D eigenvalue weighted by Crippen LogP contribution is -2.29. The maximum absolute atomic E-state index is 12.8. The molecule has 0 saturated heterocycles. The van der Waals surface area contributed by atoms with Crippen LogP contribution in [0.3, 0.4) is 0 Å². The topological polar surface area (TPSA) is 46.3 Å². The predicted molar refractivity (Wildman–Crippen MR) is 84.5 cm³/mol. The zero-order valence-corrected chi connectivity index (χ0v) is 12.1. The van der Waals surface area contributed by atoms with E-state index < -0.39 is 0 Å². The van der Waals surface area contributed by atoms with Crippen molar-refractivity contribution in [3.8, 4) is 0 Å². The molecular weight excluding hydrogens is 268 g/mol. The van der Waals surface area contributed by atoms with E-state index in [2.05, 4.69) is 0 Å². The van der Waals surface area contributed by atoms with Crippen molar-refractivity contribution in [2.45, 2.75) is 11.3 Å². The maximum atomic E-state index is 12.8. The quantitative estimate of drug-likeness (QED) is 0.680. The summed E-state index contributed by atoms with van der Waals surface area (Å²) in [6.45, 7) is 0.723. The van der Waals surface area contributed by atoms with Crippen LogP contribution in [0.2, 0.25) is 0 Å². The van der Waals surface area contributed by atoms with Gasteiger partial charge in [0.1, 0.15) is 0 Å². The fourth-order valence-corrected chi connectivity index (χ4v) is 3.16. The molecule has 0 saturated carbocycles. The second kappa shape index (κ2) is 5.21. The first-order valence-electron chi connectivity index (χ1n) is 6.54. The van der Waals surface area contributed by atoms with Crippen molar-refractivity contribution < 1.29 is 4.79 Å².